The van der Waals surface area contributed by atoms with Gasteiger partial charge in [-0.15, -0.1) is 11.8 Å². The molecule has 0 spiro atoms. The largest absolute Gasteiger partial charge is 0.485 e. The van der Waals surface area contributed by atoms with E-state index in [1.807, 2.05) is 97.9 Å². The predicted molar refractivity (Wildman–Crippen MR) is 131 cm³/mol. The van der Waals surface area contributed by atoms with Gasteiger partial charge in [0.1, 0.15) is 29.1 Å². The smallest absolute Gasteiger partial charge is 0.258 e. The second kappa shape index (κ2) is 11.2. The van der Waals surface area contributed by atoms with E-state index in [4.69, 9.17) is 9.15 Å². The molecule has 4 aromatic rings. The highest BCUT2D eigenvalue weighted by atomic mass is 32.2. The topological polar surface area (TPSA) is 63.8 Å². The molecule has 5 nitrogen and oxygen atoms in total. The average Bonchev–Trinajstić information content (AvgIpc) is 3.31. The first kappa shape index (κ1) is 22.4. The van der Waals surface area contributed by atoms with Gasteiger partial charge in [0.25, 0.3) is 5.91 Å². The summed E-state index contributed by atoms with van der Waals surface area (Å²) in [6.07, 6.45) is 1.49. The first-order valence-corrected chi connectivity index (χ1v) is 11.4. The van der Waals surface area contributed by atoms with Gasteiger partial charge in [0.05, 0.1) is 6.21 Å². The number of amides is 1. The lowest BCUT2D eigenvalue weighted by atomic mass is 10.1. The summed E-state index contributed by atoms with van der Waals surface area (Å²) in [7, 11) is 0. The molecule has 3 aromatic carbocycles. The maximum absolute atomic E-state index is 12.9. The van der Waals surface area contributed by atoms with Crippen LogP contribution in [-0.2, 0) is 11.4 Å². The first-order chi connectivity index (χ1) is 16.2. The Kier molecular flexibility index (Phi) is 7.61. The van der Waals surface area contributed by atoms with E-state index in [9.17, 15) is 4.79 Å². The van der Waals surface area contributed by atoms with Crippen molar-refractivity contribution in [2.45, 2.75) is 23.7 Å². The van der Waals surface area contributed by atoms with E-state index < -0.39 is 5.25 Å². The number of ether oxygens (including phenoxy) is 1. The highest BCUT2D eigenvalue weighted by Gasteiger charge is 2.21. The number of aryl methyl sites for hydroxylation is 1. The second-order valence-electron chi connectivity index (χ2n) is 7.31. The molecule has 0 fully saturated rings. The number of hydrogen-bond donors (Lipinski definition) is 1. The van der Waals surface area contributed by atoms with Crippen LogP contribution in [0.2, 0.25) is 0 Å². The van der Waals surface area contributed by atoms with Crippen LogP contribution in [0.3, 0.4) is 0 Å². The molecule has 1 aromatic heterocycles. The van der Waals surface area contributed by atoms with Crippen molar-refractivity contribution in [1.82, 2.24) is 5.43 Å². The lowest BCUT2D eigenvalue weighted by Gasteiger charge is -2.15. The highest BCUT2D eigenvalue weighted by Crippen LogP contribution is 2.35. The van der Waals surface area contributed by atoms with Crippen molar-refractivity contribution in [2.24, 2.45) is 5.10 Å². The van der Waals surface area contributed by atoms with Crippen LogP contribution < -0.4 is 10.2 Å². The number of nitrogens with one attached hydrogen (secondary N) is 1. The van der Waals surface area contributed by atoms with E-state index in [0.29, 0.717) is 18.1 Å². The van der Waals surface area contributed by atoms with Gasteiger partial charge in [0, 0.05) is 4.90 Å². The predicted octanol–water partition coefficient (Wildman–Crippen LogP) is 6.15. The Hall–Kier alpha value is -3.77. The third-order valence-electron chi connectivity index (χ3n) is 4.85. The highest BCUT2D eigenvalue weighted by molar-refractivity contribution is 8.00. The van der Waals surface area contributed by atoms with Crippen molar-refractivity contribution in [3.05, 3.63) is 120 Å². The zero-order valence-electron chi connectivity index (χ0n) is 18.2. The Morgan fingerprint density at radius 1 is 0.970 bits per heavy atom. The van der Waals surface area contributed by atoms with Gasteiger partial charge in [0.2, 0.25) is 0 Å². The number of carbonyl (C=O) groups excluding carboxylic acids is 1. The van der Waals surface area contributed by atoms with E-state index >= 15 is 0 Å². The number of carbonyl (C=O) groups is 1. The Morgan fingerprint density at radius 2 is 1.67 bits per heavy atom. The summed E-state index contributed by atoms with van der Waals surface area (Å²) in [6.45, 7) is 2.31. The molecule has 1 atom stereocenters. The van der Waals surface area contributed by atoms with Gasteiger partial charge in [-0.3, -0.25) is 4.79 Å². The van der Waals surface area contributed by atoms with Crippen LogP contribution >= 0.6 is 11.8 Å². The van der Waals surface area contributed by atoms with Crippen LogP contribution in [0.5, 0.6) is 5.75 Å². The SMILES string of the molecule is Cc1ccccc1OCc1ccc(/C=N\NC(=O)[C@@H](Sc2ccccc2)c2ccccc2)o1. The van der Waals surface area contributed by atoms with Crippen molar-refractivity contribution >= 4 is 23.9 Å². The molecule has 0 aliphatic heterocycles. The number of rotatable bonds is 9. The molecule has 0 unspecified atom stereocenters. The van der Waals surface area contributed by atoms with Gasteiger partial charge >= 0.3 is 0 Å². The number of para-hydroxylation sites is 1. The molecule has 1 heterocycles. The summed E-state index contributed by atoms with van der Waals surface area (Å²) in [5.41, 5.74) is 4.62. The molecule has 0 saturated heterocycles. The van der Waals surface area contributed by atoms with Crippen LogP contribution in [0.15, 0.2) is 111 Å². The molecule has 6 heteroatoms. The maximum atomic E-state index is 12.9. The van der Waals surface area contributed by atoms with Crippen LogP contribution in [0.1, 0.15) is 27.9 Å². The van der Waals surface area contributed by atoms with E-state index in [-0.39, 0.29) is 5.91 Å². The molecule has 0 aliphatic carbocycles. The number of hydrazone groups is 1. The standard InChI is InChI=1S/C27H24N2O3S/c1-20-10-8-9-15-25(20)31-19-23-17-16-22(32-23)18-28-29-27(30)26(21-11-4-2-5-12-21)33-24-13-6-3-7-14-24/h2-18,26H,19H2,1H3,(H,29,30)/b28-18-/t26-/m0/s1. The van der Waals surface area contributed by atoms with Gasteiger partial charge in [-0.05, 0) is 48.4 Å². The fourth-order valence-corrected chi connectivity index (χ4v) is 4.20. The zero-order valence-corrected chi connectivity index (χ0v) is 19.0. The van der Waals surface area contributed by atoms with Crippen molar-refractivity contribution in [3.63, 3.8) is 0 Å². The third-order valence-corrected chi connectivity index (χ3v) is 6.12. The van der Waals surface area contributed by atoms with Gasteiger partial charge in [-0.2, -0.15) is 5.10 Å². The average molecular weight is 457 g/mol. The molecule has 0 saturated carbocycles. The van der Waals surface area contributed by atoms with Gasteiger partial charge in [-0.25, -0.2) is 5.43 Å². The van der Waals surface area contributed by atoms with Crippen LogP contribution in [0.25, 0.3) is 0 Å². The Balaban J connectivity index is 1.37. The quantitative estimate of drug-likeness (QED) is 0.186. The van der Waals surface area contributed by atoms with Crippen molar-refractivity contribution in [1.29, 1.82) is 0 Å². The zero-order chi connectivity index (χ0) is 22.9. The summed E-state index contributed by atoms with van der Waals surface area (Å²) >= 11 is 1.48. The van der Waals surface area contributed by atoms with Crippen molar-refractivity contribution in [3.8, 4) is 5.75 Å². The third kappa shape index (κ3) is 6.37. The van der Waals surface area contributed by atoms with Gasteiger partial charge in [-0.1, -0.05) is 66.7 Å². The summed E-state index contributed by atoms with van der Waals surface area (Å²) in [5, 5.41) is 3.67. The van der Waals surface area contributed by atoms with E-state index in [0.717, 1.165) is 21.8 Å². The normalized spacial score (nSPS) is 11.9. The number of furan rings is 1. The molecule has 166 valence electrons. The minimum absolute atomic E-state index is 0.207. The number of benzene rings is 3. The fourth-order valence-electron chi connectivity index (χ4n) is 3.16. The Labute approximate surface area is 197 Å². The Bertz CT molecular complexity index is 1210. The van der Waals surface area contributed by atoms with E-state index in [2.05, 4.69) is 10.5 Å². The summed E-state index contributed by atoms with van der Waals surface area (Å²) in [6, 6.07) is 31.0. The summed E-state index contributed by atoms with van der Waals surface area (Å²) in [5.74, 6) is 1.82. The first-order valence-electron chi connectivity index (χ1n) is 10.6. The minimum Gasteiger partial charge on any atom is -0.485 e. The fraction of sp³-hybridized carbons (Fsp3) is 0.111. The monoisotopic (exact) mass is 456 g/mol. The van der Waals surface area contributed by atoms with Crippen molar-refractivity contribution in [2.75, 3.05) is 0 Å². The molecule has 1 N–H and O–H groups in total. The molecule has 0 aliphatic rings. The summed E-state index contributed by atoms with van der Waals surface area (Å²) in [4.78, 5) is 13.9. The Morgan fingerprint density at radius 3 is 2.42 bits per heavy atom. The van der Waals surface area contributed by atoms with Crippen molar-refractivity contribution < 1.29 is 13.9 Å². The van der Waals surface area contributed by atoms with Crippen LogP contribution in [0, 0.1) is 6.92 Å². The van der Waals surface area contributed by atoms with Crippen LogP contribution in [-0.4, -0.2) is 12.1 Å². The van der Waals surface area contributed by atoms with Gasteiger partial charge < -0.3 is 9.15 Å². The minimum atomic E-state index is -0.430. The molecular formula is C27H24N2O3S. The van der Waals surface area contributed by atoms with E-state index in [1.165, 1.54) is 18.0 Å². The van der Waals surface area contributed by atoms with E-state index in [1.54, 1.807) is 6.07 Å². The summed E-state index contributed by atoms with van der Waals surface area (Å²) < 4.78 is 11.5. The molecule has 33 heavy (non-hydrogen) atoms. The maximum Gasteiger partial charge on any atom is 0.258 e. The molecule has 0 radical (unpaired) electrons. The number of hydrogen-bond acceptors (Lipinski definition) is 5. The van der Waals surface area contributed by atoms with Crippen LogP contribution in [0.4, 0.5) is 0 Å². The molecular weight excluding hydrogens is 432 g/mol. The molecule has 0 bridgehead atoms. The second-order valence-corrected chi connectivity index (χ2v) is 8.49. The van der Waals surface area contributed by atoms with Gasteiger partial charge in [0.15, 0.2) is 0 Å². The molecule has 4 rings (SSSR count). The lowest BCUT2D eigenvalue weighted by Crippen LogP contribution is -2.23. The molecule has 1 amide bonds. The lowest BCUT2D eigenvalue weighted by molar-refractivity contribution is -0.120. The number of thioether (sulfide) groups is 1. The number of nitrogens with zero attached hydrogens (tertiary/aromatic N) is 1.